The second kappa shape index (κ2) is 7.05. The summed E-state index contributed by atoms with van der Waals surface area (Å²) < 4.78 is 10.4. The Balaban J connectivity index is 1.95. The number of rotatable bonds is 5. The molecule has 1 amide bonds. The van der Waals surface area contributed by atoms with E-state index in [9.17, 15) is 9.59 Å². The van der Waals surface area contributed by atoms with Crippen molar-refractivity contribution < 1.29 is 19.1 Å². The molecule has 1 aliphatic heterocycles. The number of hydrogen-bond donors (Lipinski definition) is 0. The zero-order chi connectivity index (χ0) is 14.4. The molecular weight excluding hydrogens is 258 g/mol. The molecule has 0 saturated carbocycles. The average molecular weight is 277 g/mol. The molecule has 1 heterocycles. The maximum atomic E-state index is 12.1. The molecule has 5 nitrogen and oxygen atoms in total. The lowest BCUT2D eigenvalue weighted by Gasteiger charge is -2.31. The molecule has 5 heteroatoms. The van der Waals surface area contributed by atoms with Crippen molar-refractivity contribution >= 4 is 11.9 Å². The summed E-state index contributed by atoms with van der Waals surface area (Å²) in [4.78, 5) is 25.7. The van der Waals surface area contributed by atoms with Gasteiger partial charge in [0, 0.05) is 13.1 Å². The molecule has 1 aromatic carbocycles. The number of ether oxygens (including phenoxy) is 2. The number of amides is 1. The highest BCUT2D eigenvalue weighted by Crippen LogP contribution is 2.12. The van der Waals surface area contributed by atoms with E-state index in [1.54, 1.807) is 29.2 Å². The Hall–Kier alpha value is -1.88. The summed E-state index contributed by atoms with van der Waals surface area (Å²) in [6, 6.07) is 8.59. The van der Waals surface area contributed by atoms with Crippen molar-refractivity contribution in [1.29, 1.82) is 0 Å². The number of unbranched alkanes of at least 4 members (excludes halogenated alkanes) is 1. The molecule has 20 heavy (non-hydrogen) atoms. The SMILES string of the molecule is CCCCN1CCOC(OC(=O)c2ccccc2)C1=O. The summed E-state index contributed by atoms with van der Waals surface area (Å²) in [5, 5.41) is 0. The first-order valence-corrected chi connectivity index (χ1v) is 6.88. The van der Waals surface area contributed by atoms with E-state index in [1.165, 1.54) is 0 Å². The first-order chi connectivity index (χ1) is 9.72. The highest BCUT2D eigenvalue weighted by molar-refractivity contribution is 5.92. The van der Waals surface area contributed by atoms with Crippen LogP contribution in [0.2, 0.25) is 0 Å². The first-order valence-electron chi connectivity index (χ1n) is 6.88. The van der Waals surface area contributed by atoms with Gasteiger partial charge in [0.15, 0.2) is 0 Å². The van der Waals surface area contributed by atoms with E-state index in [1.807, 2.05) is 6.07 Å². The largest absolute Gasteiger partial charge is 0.422 e. The van der Waals surface area contributed by atoms with Crippen LogP contribution < -0.4 is 0 Å². The molecule has 1 atom stereocenters. The van der Waals surface area contributed by atoms with E-state index in [2.05, 4.69) is 6.92 Å². The van der Waals surface area contributed by atoms with Gasteiger partial charge >= 0.3 is 5.97 Å². The Bertz CT molecular complexity index is 460. The molecule has 108 valence electrons. The van der Waals surface area contributed by atoms with Crippen molar-refractivity contribution in [3.63, 3.8) is 0 Å². The number of carbonyl (C=O) groups excluding carboxylic acids is 2. The zero-order valence-corrected chi connectivity index (χ0v) is 11.6. The van der Waals surface area contributed by atoms with Crippen LogP contribution in [-0.2, 0) is 14.3 Å². The Morgan fingerprint density at radius 1 is 1.40 bits per heavy atom. The summed E-state index contributed by atoms with van der Waals surface area (Å²) in [6.45, 7) is 3.69. The molecule has 2 rings (SSSR count). The molecule has 1 fully saturated rings. The maximum Gasteiger partial charge on any atom is 0.340 e. The van der Waals surface area contributed by atoms with Gasteiger partial charge in [-0.3, -0.25) is 4.79 Å². The fourth-order valence-corrected chi connectivity index (χ4v) is 2.00. The average Bonchev–Trinajstić information content (AvgIpc) is 2.49. The van der Waals surface area contributed by atoms with Gasteiger partial charge in [0.2, 0.25) is 0 Å². The van der Waals surface area contributed by atoms with Gasteiger partial charge in [-0.2, -0.15) is 0 Å². The van der Waals surface area contributed by atoms with Crippen molar-refractivity contribution in [1.82, 2.24) is 4.90 Å². The fourth-order valence-electron chi connectivity index (χ4n) is 2.00. The van der Waals surface area contributed by atoms with Gasteiger partial charge in [0.05, 0.1) is 12.2 Å². The van der Waals surface area contributed by atoms with Gasteiger partial charge in [-0.1, -0.05) is 31.5 Å². The number of morpholine rings is 1. The summed E-state index contributed by atoms with van der Waals surface area (Å²) in [5.74, 6) is -0.810. The minimum absolute atomic E-state index is 0.269. The molecule has 0 spiro atoms. The molecule has 1 aliphatic rings. The molecule has 0 aliphatic carbocycles. The Kier molecular flexibility index (Phi) is 5.12. The topological polar surface area (TPSA) is 55.8 Å². The lowest BCUT2D eigenvalue weighted by atomic mass is 10.2. The molecule has 0 bridgehead atoms. The van der Waals surface area contributed by atoms with Gasteiger partial charge in [-0.15, -0.1) is 0 Å². The number of benzene rings is 1. The van der Waals surface area contributed by atoms with Gasteiger partial charge < -0.3 is 14.4 Å². The number of nitrogens with zero attached hydrogens (tertiary/aromatic N) is 1. The third-order valence-corrected chi connectivity index (χ3v) is 3.15. The molecule has 0 N–H and O–H groups in total. The van der Waals surface area contributed by atoms with Crippen LogP contribution in [0.4, 0.5) is 0 Å². The predicted octanol–water partition coefficient (Wildman–Crippen LogP) is 1.83. The Morgan fingerprint density at radius 2 is 2.15 bits per heavy atom. The van der Waals surface area contributed by atoms with E-state index in [0.29, 0.717) is 25.3 Å². The van der Waals surface area contributed by atoms with Crippen LogP contribution >= 0.6 is 0 Å². The lowest BCUT2D eigenvalue weighted by Crippen LogP contribution is -2.49. The fraction of sp³-hybridized carbons (Fsp3) is 0.467. The highest BCUT2D eigenvalue weighted by Gasteiger charge is 2.32. The molecular formula is C15H19NO4. The maximum absolute atomic E-state index is 12.1. The lowest BCUT2D eigenvalue weighted by molar-refractivity contribution is -0.184. The number of esters is 1. The standard InChI is InChI=1S/C15H19NO4/c1-2-3-9-16-10-11-19-15(13(16)17)20-14(18)12-7-5-4-6-8-12/h4-8,15H,2-3,9-11H2,1H3. The van der Waals surface area contributed by atoms with Gasteiger partial charge in [0.1, 0.15) is 0 Å². The zero-order valence-electron chi connectivity index (χ0n) is 11.6. The van der Waals surface area contributed by atoms with Gasteiger partial charge in [-0.05, 0) is 18.6 Å². The van der Waals surface area contributed by atoms with Crippen molar-refractivity contribution in [3.05, 3.63) is 35.9 Å². The summed E-state index contributed by atoms with van der Waals surface area (Å²) in [6.07, 6.45) is 0.831. The van der Waals surface area contributed by atoms with Gasteiger partial charge in [-0.25, -0.2) is 4.79 Å². The van der Waals surface area contributed by atoms with Crippen LogP contribution in [0.15, 0.2) is 30.3 Å². The molecule has 1 aromatic rings. The van der Waals surface area contributed by atoms with Crippen molar-refractivity contribution in [2.24, 2.45) is 0 Å². The smallest absolute Gasteiger partial charge is 0.340 e. The minimum atomic E-state index is -1.12. The Labute approximate surface area is 118 Å². The van der Waals surface area contributed by atoms with E-state index in [4.69, 9.17) is 9.47 Å². The van der Waals surface area contributed by atoms with Crippen LogP contribution in [0.1, 0.15) is 30.1 Å². The molecule has 1 saturated heterocycles. The van der Waals surface area contributed by atoms with E-state index in [0.717, 1.165) is 12.8 Å². The van der Waals surface area contributed by atoms with Crippen LogP contribution in [0.25, 0.3) is 0 Å². The second-order valence-electron chi connectivity index (χ2n) is 4.65. The number of carbonyl (C=O) groups is 2. The van der Waals surface area contributed by atoms with Crippen LogP contribution in [-0.4, -0.2) is 42.8 Å². The van der Waals surface area contributed by atoms with E-state index in [-0.39, 0.29) is 5.91 Å². The highest BCUT2D eigenvalue weighted by atomic mass is 16.7. The second-order valence-corrected chi connectivity index (χ2v) is 4.65. The van der Waals surface area contributed by atoms with E-state index < -0.39 is 12.3 Å². The van der Waals surface area contributed by atoms with E-state index >= 15 is 0 Å². The van der Waals surface area contributed by atoms with Crippen LogP contribution in [0, 0.1) is 0 Å². The minimum Gasteiger partial charge on any atom is -0.422 e. The predicted molar refractivity (Wildman–Crippen MR) is 73.1 cm³/mol. The summed E-state index contributed by atoms with van der Waals surface area (Å²) in [7, 11) is 0. The van der Waals surface area contributed by atoms with Gasteiger partial charge in [0.25, 0.3) is 12.2 Å². The molecule has 1 unspecified atom stereocenters. The van der Waals surface area contributed by atoms with Crippen molar-refractivity contribution in [2.45, 2.75) is 26.1 Å². The Morgan fingerprint density at radius 3 is 2.85 bits per heavy atom. The van der Waals surface area contributed by atoms with Crippen LogP contribution in [0.5, 0.6) is 0 Å². The monoisotopic (exact) mass is 277 g/mol. The quantitative estimate of drug-likeness (QED) is 0.770. The third-order valence-electron chi connectivity index (χ3n) is 3.15. The van der Waals surface area contributed by atoms with Crippen molar-refractivity contribution in [2.75, 3.05) is 19.7 Å². The number of hydrogen-bond acceptors (Lipinski definition) is 4. The summed E-state index contributed by atoms with van der Waals surface area (Å²) >= 11 is 0. The van der Waals surface area contributed by atoms with Crippen LogP contribution in [0.3, 0.4) is 0 Å². The third kappa shape index (κ3) is 3.57. The summed E-state index contributed by atoms with van der Waals surface area (Å²) in [5.41, 5.74) is 0.412. The normalized spacial score (nSPS) is 18.9. The first kappa shape index (κ1) is 14.5. The molecule has 0 radical (unpaired) electrons. The van der Waals surface area contributed by atoms with Crippen molar-refractivity contribution in [3.8, 4) is 0 Å². The molecule has 0 aromatic heterocycles.